The van der Waals surface area contributed by atoms with Crippen LogP contribution in [-0.4, -0.2) is 32.7 Å². The molecule has 1 heterocycles. The lowest BCUT2D eigenvalue weighted by atomic mass is 10.3. The van der Waals surface area contributed by atoms with Gasteiger partial charge in [-0.2, -0.15) is 15.0 Å². The Balaban J connectivity index is 2.06. The van der Waals surface area contributed by atoms with Crippen molar-refractivity contribution in [2.45, 2.75) is 37.7 Å². The number of carbonyl (C=O) groups is 1. The summed E-state index contributed by atoms with van der Waals surface area (Å²) in [5, 5.41) is 5.71. The third-order valence-electron chi connectivity index (χ3n) is 3.39. The molecule has 0 aliphatic carbocycles. The number of carbonyl (C=O) groups excluding carboxylic acids is 1. The van der Waals surface area contributed by atoms with Crippen molar-refractivity contribution in [2.24, 2.45) is 0 Å². The normalized spacial score (nSPS) is 13.1. The monoisotopic (exact) mass is 360 g/mol. The number of nitrogens with two attached hydrogens (primary N) is 1. The van der Waals surface area contributed by atoms with Gasteiger partial charge in [0, 0.05) is 12.2 Å². The third kappa shape index (κ3) is 5.90. The predicted molar refractivity (Wildman–Crippen MR) is 103 cm³/mol. The van der Waals surface area contributed by atoms with E-state index < -0.39 is 0 Å². The molecule has 0 saturated carbocycles. The maximum atomic E-state index is 12.0. The van der Waals surface area contributed by atoms with Gasteiger partial charge in [-0.3, -0.25) is 4.79 Å². The van der Waals surface area contributed by atoms with E-state index in [0.29, 0.717) is 18.3 Å². The van der Waals surface area contributed by atoms with Crippen molar-refractivity contribution in [3.8, 4) is 0 Å². The van der Waals surface area contributed by atoms with Gasteiger partial charge in [-0.15, -0.1) is 11.8 Å². The Bertz CT molecular complexity index is 697. The Kier molecular flexibility index (Phi) is 7.00. The summed E-state index contributed by atoms with van der Waals surface area (Å²) in [6.07, 6.45) is 0.914. The Labute approximate surface area is 152 Å². The molecule has 134 valence electrons. The summed E-state index contributed by atoms with van der Waals surface area (Å²) in [6.45, 7) is 6.53. The maximum absolute atomic E-state index is 12.0. The third-order valence-corrected chi connectivity index (χ3v) is 4.63. The van der Waals surface area contributed by atoms with Gasteiger partial charge in [0.2, 0.25) is 17.8 Å². The number of benzene rings is 1. The second-order valence-electron chi connectivity index (χ2n) is 5.58. The number of hydrogen-bond acceptors (Lipinski definition) is 7. The van der Waals surface area contributed by atoms with Crippen molar-refractivity contribution in [3.05, 3.63) is 36.2 Å². The van der Waals surface area contributed by atoms with Gasteiger partial charge in [0.25, 0.3) is 0 Å². The van der Waals surface area contributed by atoms with E-state index in [4.69, 9.17) is 5.73 Å². The van der Waals surface area contributed by atoms with Crippen molar-refractivity contribution in [1.82, 2.24) is 20.3 Å². The van der Waals surface area contributed by atoms with E-state index in [-0.39, 0.29) is 22.4 Å². The molecule has 0 fully saturated rings. The standard InChI is InChI=1S/C17H24N6OS/c1-4-10-19-15(24)12(3)25-11(2)14-21-16(18)23-17(22-14)20-13-8-6-5-7-9-13/h5-9,11-12H,4,10H2,1-3H3,(H,19,24)(H3,18,20,21,22,23). The number of anilines is 3. The minimum Gasteiger partial charge on any atom is -0.368 e. The zero-order chi connectivity index (χ0) is 18.2. The molecule has 1 aromatic carbocycles. The van der Waals surface area contributed by atoms with Crippen LogP contribution in [0.4, 0.5) is 17.6 Å². The first kappa shape index (κ1) is 19.0. The molecule has 0 aliphatic heterocycles. The smallest absolute Gasteiger partial charge is 0.232 e. The number of amides is 1. The molecule has 0 spiro atoms. The number of nitrogen functional groups attached to an aromatic ring is 1. The second-order valence-corrected chi connectivity index (χ2v) is 7.26. The number of thioether (sulfide) groups is 1. The number of rotatable bonds is 8. The Morgan fingerprint density at radius 1 is 1.20 bits per heavy atom. The molecule has 0 bridgehead atoms. The van der Waals surface area contributed by atoms with Crippen molar-refractivity contribution < 1.29 is 4.79 Å². The highest BCUT2D eigenvalue weighted by Crippen LogP contribution is 2.30. The molecule has 2 unspecified atom stereocenters. The van der Waals surface area contributed by atoms with Crippen LogP contribution in [0.25, 0.3) is 0 Å². The topological polar surface area (TPSA) is 106 Å². The lowest BCUT2D eigenvalue weighted by Crippen LogP contribution is -2.31. The van der Waals surface area contributed by atoms with Crippen LogP contribution < -0.4 is 16.4 Å². The summed E-state index contributed by atoms with van der Waals surface area (Å²) in [5.74, 6) is 1.11. The molecular weight excluding hydrogens is 336 g/mol. The van der Waals surface area contributed by atoms with E-state index in [1.807, 2.05) is 51.1 Å². The molecule has 0 aliphatic rings. The quantitative estimate of drug-likeness (QED) is 0.664. The Morgan fingerprint density at radius 2 is 1.92 bits per heavy atom. The van der Waals surface area contributed by atoms with E-state index in [0.717, 1.165) is 12.1 Å². The fourth-order valence-electron chi connectivity index (χ4n) is 2.12. The van der Waals surface area contributed by atoms with Crippen molar-refractivity contribution >= 4 is 35.3 Å². The van der Waals surface area contributed by atoms with Gasteiger partial charge in [0.15, 0.2) is 0 Å². The van der Waals surface area contributed by atoms with Crippen LogP contribution in [0.1, 0.15) is 38.3 Å². The molecule has 4 N–H and O–H groups in total. The molecule has 1 amide bonds. The number of aromatic nitrogens is 3. The van der Waals surface area contributed by atoms with Crippen LogP contribution in [0, 0.1) is 0 Å². The molecule has 25 heavy (non-hydrogen) atoms. The fourth-order valence-corrected chi connectivity index (χ4v) is 3.16. The van der Waals surface area contributed by atoms with Gasteiger partial charge in [0.1, 0.15) is 5.82 Å². The van der Waals surface area contributed by atoms with Crippen molar-refractivity contribution in [3.63, 3.8) is 0 Å². The van der Waals surface area contributed by atoms with E-state index in [1.54, 1.807) is 0 Å². The summed E-state index contributed by atoms with van der Waals surface area (Å²) in [5.41, 5.74) is 6.68. The van der Waals surface area contributed by atoms with Crippen LogP contribution in [0.3, 0.4) is 0 Å². The first-order valence-electron chi connectivity index (χ1n) is 8.26. The number of para-hydroxylation sites is 1. The molecule has 2 rings (SSSR count). The predicted octanol–water partition coefficient (Wildman–Crippen LogP) is 2.91. The minimum absolute atomic E-state index is 0.0170. The first-order valence-corrected chi connectivity index (χ1v) is 9.20. The van der Waals surface area contributed by atoms with Crippen LogP contribution in [0.5, 0.6) is 0 Å². The largest absolute Gasteiger partial charge is 0.368 e. The van der Waals surface area contributed by atoms with Crippen LogP contribution in [0.2, 0.25) is 0 Å². The number of nitrogens with one attached hydrogen (secondary N) is 2. The van der Waals surface area contributed by atoms with E-state index >= 15 is 0 Å². The zero-order valence-electron chi connectivity index (χ0n) is 14.7. The number of nitrogens with zero attached hydrogens (tertiary/aromatic N) is 3. The molecule has 0 saturated heterocycles. The SMILES string of the molecule is CCCNC(=O)C(C)SC(C)c1nc(N)nc(Nc2ccccc2)n1. The minimum atomic E-state index is -0.204. The first-order chi connectivity index (χ1) is 12.0. The van der Waals surface area contributed by atoms with E-state index in [9.17, 15) is 4.79 Å². The highest BCUT2D eigenvalue weighted by molar-refractivity contribution is 8.00. The highest BCUT2D eigenvalue weighted by atomic mass is 32.2. The highest BCUT2D eigenvalue weighted by Gasteiger charge is 2.20. The van der Waals surface area contributed by atoms with Crippen LogP contribution in [0.15, 0.2) is 30.3 Å². The summed E-state index contributed by atoms with van der Waals surface area (Å²) >= 11 is 1.49. The lowest BCUT2D eigenvalue weighted by molar-refractivity contribution is -0.120. The molecule has 1 aromatic heterocycles. The average molecular weight is 360 g/mol. The fraction of sp³-hybridized carbons (Fsp3) is 0.412. The molecular formula is C17H24N6OS. The number of hydrogen-bond donors (Lipinski definition) is 3. The van der Waals surface area contributed by atoms with E-state index in [1.165, 1.54) is 11.8 Å². The van der Waals surface area contributed by atoms with E-state index in [2.05, 4.69) is 25.6 Å². The van der Waals surface area contributed by atoms with Gasteiger partial charge in [-0.1, -0.05) is 25.1 Å². The van der Waals surface area contributed by atoms with Crippen molar-refractivity contribution in [1.29, 1.82) is 0 Å². The van der Waals surface area contributed by atoms with Gasteiger partial charge < -0.3 is 16.4 Å². The lowest BCUT2D eigenvalue weighted by Gasteiger charge is -2.16. The molecule has 8 heteroatoms. The summed E-state index contributed by atoms with van der Waals surface area (Å²) in [7, 11) is 0. The molecule has 2 aromatic rings. The van der Waals surface area contributed by atoms with Crippen LogP contribution >= 0.6 is 11.8 Å². The average Bonchev–Trinajstić information content (AvgIpc) is 2.59. The molecule has 0 radical (unpaired) electrons. The summed E-state index contributed by atoms with van der Waals surface area (Å²) in [6, 6.07) is 9.60. The van der Waals surface area contributed by atoms with Crippen LogP contribution in [-0.2, 0) is 4.79 Å². The second kappa shape index (κ2) is 9.22. The van der Waals surface area contributed by atoms with Gasteiger partial charge in [-0.25, -0.2) is 0 Å². The maximum Gasteiger partial charge on any atom is 0.232 e. The Morgan fingerprint density at radius 3 is 2.60 bits per heavy atom. The zero-order valence-corrected chi connectivity index (χ0v) is 15.5. The van der Waals surface area contributed by atoms with Crippen molar-refractivity contribution in [2.75, 3.05) is 17.6 Å². The van der Waals surface area contributed by atoms with Gasteiger partial charge in [0.05, 0.1) is 10.5 Å². The van der Waals surface area contributed by atoms with Gasteiger partial charge in [-0.05, 0) is 32.4 Å². The Hall–Kier alpha value is -2.35. The molecule has 7 nitrogen and oxygen atoms in total. The summed E-state index contributed by atoms with van der Waals surface area (Å²) in [4.78, 5) is 24.8. The molecule has 2 atom stereocenters. The summed E-state index contributed by atoms with van der Waals surface area (Å²) < 4.78 is 0. The van der Waals surface area contributed by atoms with Gasteiger partial charge >= 0.3 is 0 Å².